The maximum Gasteiger partial charge on any atom is 0.259 e. The van der Waals surface area contributed by atoms with Gasteiger partial charge in [0.1, 0.15) is 0 Å². The molecule has 1 rings (SSSR count). The lowest BCUT2D eigenvalue weighted by Crippen LogP contribution is -1.99. The second kappa shape index (κ2) is 1.45. The molecule has 1 aliphatic carbocycles. The first-order valence-corrected chi connectivity index (χ1v) is 2.93. The highest BCUT2D eigenvalue weighted by atomic mass is 19.3. The van der Waals surface area contributed by atoms with E-state index in [2.05, 4.69) is 0 Å². The number of aliphatic hydroxyl groups excluding tert-OH is 1. The third kappa shape index (κ3) is 0.611. The van der Waals surface area contributed by atoms with Gasteiger partial charge in [-0.1, -0.05) is 13.8 Å². The fourth-order valence-electron chi connectivity index (χ4n) is 1.10. The summed E-state index contributed by atoms with van der Waals surface area (Å²) < 4.78 is 24.8. The van der Waals surface area contributed by atoms with Gasteiger partial charge in [-0.3, -0.25) is 0 Å². The molecule has 9 heavy (non-hydrogen) atoms. The van der Waals surface area contributed by atoms with Crippen molar-refractivity contribution in [1.82, 2.24) is 0 Å². The van der Waals surface area contributed by atoms with Crippen molar-refractivity contribution in [3.8, 4) is 0 Å². The van der Waals surface area contributed by atoms with Crippen LogP contribution in [0.3, 0.4) is 0 Å². The standard InChI is InChI=1S/C6H10F2O/c1-5(2)4(3-9)6(5,7)8/h4,9H,3H2,1-2H3/t4-/m1/s1. The summed E-state index contributed by atoms with van der Waals surface area (Å²) in [5.74, 6) is -3.45. The van der Waals surface area contributed by atoms with Gasteiger partial charge in [0, 0.05) is 5.41 Å². The number of rotatable bonds is 1. The van der Waals surface area contributed by atoms with Gasteiger partial charge in [0.25, 0.3) is 5.92 Å². The van der Waals surface area contributed by atoms with Crippen molar-refractivity contribution < 1.29 is 13.9 Å². The first-order chi connectivity index (χ1) is 3.94. The average Bonchev–Trinajstić information content (AvgIpc) is 2.00. The summed E-state index contributed by atoms with van der Waals surface area (Å²) in [6.45, 7) is 2.53. The van der Waals surface area contributed by atoms with Gasteiger partial charge in [0.2, 0.25) is 0 Å². The highest BCUT2D eigenvalue weighted by Crippen LogP contribution is 2.64. The van der Waals surface area contributed by atoms with Crippen LogP contribution in [0.2, 0.25) is 0 Å². The summed E-state index contributed by atoms with van der Waals surface area (Å²) in [4.78, 5) is 0. The predicted octanol–water partition coefficient (Wildman–Crippen LogP) is 1.27. The monoisotopic (exact) mass is 136 g/mol. The Morgan fingerprint density at radius 1 is 1.44 bits per heavy atom. The molecule has 1 fully saturated rings. The summed E-state index contributed by atoms with van der Waals surface area (Å²) in [7, 11) is 0. The molecule has 1 N–H and O–H groups in total. The SMILES string of the molecule is CC1(C)[C@@H](CO)C1(F)F. The van der Waals surface area contributed by atoms with Crippen LogP contribution in [0.5, 0.6) is 0 Å². The van der Waals surface area contributed by atoms with Gasteiger partial charge >= 0.3 is 0 Å². The van der Waals surface area contributed by atoms with Crippen LogP contribution in [0.15, 0.2) is 0 Å². The maximum atomic E-state index is 12.4. The van der Waals surface area contributed by atoms with Crippen LogP contribution in [0, 0.1) is 11.3 Å². The minimum absolute atomic E-state index is 0.403. The maximum absolute atomic E-state index is 12.4. The van der Waals surface area contributed by atoms with Gasteiger partial charge in [-0.2, -0.15) is 0 Å². The van der Waals surface area contributed by atoms with Gasteiger partial charge in [0.15, 0.2) is 0 Å². The van der Waals surface area contributed by atoms with Crippen LogP contribution in [0.25, 0.3) is 0 Å². The number of alkyl halides is 2. The minimum atomic E-state index is -2.64. The second-order valence-corrected chi connectivity index (χ2v) is 3.08. The Morgan fingerprint density at radius 2 is 1.78 bits per heavy atom. The van der Waals surface area contributed by atoms with Crippen LogP contribution in [0.4, 0.5) is 8.78 Å². The van der Waals surface area contributed by atoms with E-state index in [0.717, 1.165) is 0 Å². The summed E-state index contributed by atoms with van der Waals surface area (Å²) >= 11 is 0. The number of hydrogen-bond donors (Lipinski definition) is 1. The van der Waals surface area contributed by atoms with E-state index in [4.69, 9.17) is 5.11 Å². The van der Waals surface area contributed by atoms with Gasteiger partial charge in [-0.05, 0) is 0 Å². The summed E-state index contributed by atoms with van der Waals surface area (Å²) in [5.41, 5.74) is -0.970. The smallest absolute Gasteiger partial charge is 0.259 e. The molecule has 0 saturated heterocycles. The Hall–Kier alpha value is -0.180. The Bertz CT molecular complexity index is 117. The van der Waals surface area contributed by atoms with E-state index in [1.807, 2.05) is 0 Å². The number of aliphatic hydroxyl groups is 1. The van der Waals surface area contributed by atoms with E-state index in [1.54, 1.807) is 0 Å². The predicted molar refractivity (Wildman–Crippen MR) is 29.3 cm³/mol. The van der Waals surface area contributed by atoms with Crippen molar-refractivity contribution in [3.63, 3.8) is 0 Å². The summed E-state index contributed by atoms with van der Waals surface area (Å²) in [5, 5.41) is 8.40. The van der Waals surface area contributed by atoms with E-state index < -0.39 is 23.9 Å². The fourth-order valence-corrected chi connectivity index (χ4v) is 1.10. The van der Waals surface area contributed by atoms with Crippen LogP contribution < -0.4 is 0 Å². The van der Waals surface area contributed by atoms with Gasteiger partial charge in [-0.15, -0.1) is 0 Å². The highest BCUT2D eigenvalue weighted by molar-refractivity contribution is 5.12. The minimum Gasteiger partial charge on any atom is -0.396 e. The van der Waals surface area contributed by atoms with E-state index in [9.17, 15) is 8.78 Å². The molecule has 0 aromatic carbocycles. The molecule has 1 saturated carbocycles. The lowest BCUT2D eigenvalue weighted by Gasteiger charge is -1.96. The zero-order valence-corrected chi connectivity index (χ0v) is 5.49. The molecule has 1 aliphatic rings. The summed E-state index contributed by atoms with van der Waals surface area (Å²) in [6, 6.07) is 0. The van der Waals surface area contributed by atoms with E-state index in [0.29, 0.717) is 0 Å². The fraction of sp³-hybridized carbons (Fsp3) is 1.00. The first-order valence-electron chi connectivity index (χ1n) is 2.93. The van der Waals surface area contributed by atoms with Crippen molar-refractivity contribution in [1.29, 1.82) is 0 Å². The molecule has 1 nitrogen and oxygen atoms in total. The van der Waals surface area contributed by atoms with Gasteiger partial charge in [0.05, 0.1) is 12.5 Å². The molecule has 0 aromatic rings. The molecule has 0 aromatic heterocycles. The molecule has 0 unspecified atom stereocenters. The zero-order valence-electron chi connectivity index (χ0n) is 5.49. The average molecular weight is 136 g/mol. The van der Waals surface area contributed by atoms with Crippen molar-refractivity contribution in [2.24, 2.45) is 11.3 Å². The number of hydrogen-bond acceptors (Lipinski definition) is 1. The van der Waals surface area contributed by atoms with Crippen LogP contribution >= 0.6 is 0 Å². The van der Waals surface area contributed by atoms with Crippen molar-refractivity contribution >= 4 is 0 Å². The number of halogens is 2. The van der Waals surface area contributed by atoms with Crippen LogP contribution in [0.1, 0.15) is 13.8 Å². The van der Waals surface area contributed by atoms with Crippen molar-refractivity contribution in [2.75, 3.05) is 6.61 Å². The molecular formula is C6H10F2O. The molecule has 0 aliphatic heterocycles. The topological polar surface area (TPSA) is 20.2 Å². The van der Waals surface area contributed by atoms with E-state index in [1.165, 1.54) is 13.8 Å². The van der Waals surface area contributed by atoms with E-state index >= 15 is 0 Å². The Balaban J connectivity index is 2.66. The largest absolute Gasteiger partial charge is 0.396 e. The Labute approximate surface area is 52.7 Å². The lowest BCUT2D eigenvalue weighted by molar-refractivity contribution is 0.0592. The van der Waals surface area contributed by atoms with Crippen molar-refractivity contribution in [3.05, 3.63) is 0 Å². The molecule has 0 radical (unpaired) electrons. The quantitative estimate of drug-likeness (QED) is 0.575. The molecule has 0 bridgehead atoms. The van der Waals surface area contributed by atoms with Crippen LogP contribution in [-0.2, 0) is 0 Å². The van der Waals surface area contributed by atoms with E-state index in [-0.39, 0.29) is 0 Å². The second-order valence-electron chi connectivity index (χ2n) is 3.08. The lowest BCUT2D eigenvalue weighted by atomic mass is 10.1. The molecule has 3 heteroatoms. The highest BCUT2D eigenvalue weighted by Gasteiger charge is 2.74. The molecular weight excluding hydrogens is 126 g/mol. The molecule has 0 amide bonds. The molecule has 0 heterocycles. The first kappa shape index (κ1) is 6.93. The molecule has 54 valence electrons. The third-order valence-electron chi connectivity index (χ3n) is 2.27. The molecule has 0 spiro atoms. The van der Waals surface area contributed by atoms with Gasteiger partial charge < -0.3 is 5.11 Å². The Morgan fingerprint density at radius 3 is 1.78 bits per heavy atom. The van der Waals surface area contributed by atoms with Crippen molar-refractivity contribution in [2.45, 2.75) is 19.8 Å². The van der Waals surface area contributed by atoms with Gasteiger partial charge in [-0.25, -0.2) is 8.78 Å². The zero-order chi connectivity index (χ0) is 7.28. The van der Waals surface area contributed by atoms with Crippen LogP contribution in [-0.4, -0.2) is 17.6 Å². The molecule has 1 atom stereocenters. The summed E-state index contributed by atoms with van der Waals surface area (Å²) in [6.07, 6.45) is 0. The Kier molecular flexibility index (Phi) is 1.12. The third-order valence-corrected chi connectivity index (χ3v) is 2.27. The normalized spacial score (nSPS) is 36.3.